The second kappa shape index (κ2) is 6.89. The van der Waals surface area contributed by atoms with E-state index in [1.165, 1.54) is 6.08 Å². The molecular formula is C16H11F2N3O3S. The summed E-state index contributed by atoms with van der Waals surface area (Å²) >= 11 is 0.708. The maximum atomic E-state index is 13.5. The molecule has 0 spiro atoms. The Balaban J connectivity index is 1.69. The summed E-state index contributed by atoms with van der Waals surface area (Å²) in [5, 5.41) is 1.60. The van der Waals surface area contributed by atoms with Crippen LogP contribution in [0.15, 0.2) is 41.4 Å². The Morgan fingerprint density at radius 1 is 1.28 bits per heavy atom. The number of nitrogens with zero attached hydrogens (tertiary/aromatic N) is 1. The van der Waals surface area contributed by atoms with Crippen molar-refractivity contribution in [2.24, 2.45) is 0 Å². The Morgan fingerprint density at radius 2 is 2.08 bits per heavy atom. The average Bonchev–Trinajstić information content (AvgIpc) is 3.15. The largest absolute Gasteiger partial charge is 0.362 e. The number of nitrogens with one attached hydrogen (secondary N) is 2. The molecule has 25 heavy (non-hydrogen) atoms. The van der Waals surface area contributed by atoms with Crippen molar-refractivity contribution in [1.82, 2.24) is 9.88 Å². The summed E-state index contributed by atoms with van der Waals surface area (Å²) in [5.41, 5.74) is 0.406. The van der Waals surface area contributed by atoms with Gasteiger partial charge in [-0.25, -0.2) is 8.78 Å². The minimum Gasteiger partial charge on any atom is -0.362 e. The topological polar surface area (TPSA) is 82.3 Å². The third kappa shape index (κ3) is 3.77. The van der Waals surface area contributed by atoms with Gasteiger partial charge < -0.3 is 10.3 Å². The number of imide groups is 1. The van der Waals surface area contributed by atoms with Crippen LogP contribution in [0, 0.1) is 11.6 Å². The highest BCUT2D eigenvalue weighted by Gasteiger charge is 2.36. The van der Waals surface area contributed by atoms with E-state index in [1.54, 1.807) is 18.3 Å². The highest BCUT2D eigenvalue weighted by molar-refractivity contribution is 8.18. The van der Waals surface area contributed by atoms with Crippen LogP contribution >= 0.6 is 11.8 Å². The molecule has 1 saturated heterocycles. The van der Waals surface area contributed by atoms with Gasteiger partial charge in [0.05, 0.1) is 10.6 Å². The molecule has 0 atom stereocenters. The number of hydrogen-bond donors (Lipinski definition) is 2. The smallest absolute Gasteiger partial charge is 0.294 e. The number of thioether (sulfide) groups is 1. The molecule has 2 heterocycles. The number of aromatic nitrogens is 1. The Bertz CT molecular complexity index is 881. The minimum atomic E-state index is -0.950. The molecule has 2 N–H and O–H groups in total. The molecule has 0 bridgehead atoms. The molecule has 9 heteroatoms. The van der Waals surface area contributed by atoms with Gasteiger partial charge in [0.1, 0.15) is 18.2 Å². The lowest BCUT2D eigenvalue weighted by Gasteiger charge is -2.12. The summed E-state index contributed by atoms with van der Waals surface area (Å²) in [7, 11) is 0. The summed E-state index contributed by atoms with van der Waals surface area (Å²) in [6, 6.07) is 6.12. The van der Waals surface area contributed by atoms with E-state index >= 15 is 0 Å². The molecule has 0 radical (unpaired) electrons. The molecule has 3 amide bonds. The van der Waals surface area contributed by atoms with Gasteiger partial charge >= 0.3 is 0 Å². The Morgan fingerprint density at radius 3 is 2.76 bits per heavy atom. The molecule has 1 fully saturated rings. The zero-order valence-corrected chi connectivity index (χ0v) is 13.4. The highest BCUT2D eigenvalue weighted by Crippen LogP contribution is 2.31. The third-order valence-electron chi connectivity index (χ3n) is 3.29. The van der Waals surface area contributed by atoms with Gasteiger partial charge in [-0.05, 0) is 42.1 Å². The van der Waals surface area contributed by atoms with Crippen molar-refractivity contribution in [2.45, 2.75) is 0 Å². The fraction of sp³-hybridized carbons (Fsp3) is 0.0625. The number of halogens is 2. The SMILES string of the molecule is O=C(CN1C(=O)S/C(=C/c2ccc[nH]2)C1=O)Nc1ccc(F)cc1F. The number of hydrogen-bond acceptors (Lipinski definition) is 4. The lowest BCUT2D eigenvalue weighted by Crippen LogP contribution is -2.36. The van der Waals surface area contributed by atoms with E-state index in [4.69, 9.17) is 0 Å². The van der Waals surface area contributed by atoms with E-state index < -0.39 is 35.2 Å². The highest BCUT2D eigenvalue weighted by atomic mass is 32.2. The first kappa shape index (κ1) is 16.9. The zero-order chi connectivity index (χ0) is 18.0. The Kier molecular flexibility index (Phi) is 4.66. The number of benzene rings is 1. The molecule has 1 aromatic heterocycles. The predicted molar refractivity (Wildman–Crippen MR) is 88.5 cm³/mol. The van der Waals surface area contributed by atoms with Gasteiger partial charge in [0.15, 0.2) is 0 Å². The van der Waals surface area contributed by atoms with Crippen molar-refractivity contribution in [3.63, 3.8) is 0 Å². The van der Waals surface area contributed by atoms with Crippen LogP contribution in [0.25, 0.3) is 6.08 Å². The predicted octanol–water partition coefficient (Wildman–Crippen LogP) is 2.97. The van der Waals surface area contributed by atoms with Crippen molar-refractivity contribution in [1.29, 1.82) is 0 Å². The summed E-state index contributed by atoms with van der Waals surface area (Å²) in [6.45, 7) is -0.566. The fourth-order valence-electron chi connectivity index (χ4n) is 2.14. The third-order valence-corrected chi connectivity index (χ3v) is 4.20. The molecule has 0 aliphatic carbocycles. The standard InChI is InChI=1S/C16H11F2N3O3S/c17-9-3-4-12(11(18)6-9)20-14(22)8-21-15(23)13(25-16(21)24)7-10-2-1-5-19-10/h1-7,19H,8H2,(H,20,22)/b13-7+. The van der Waals surface area contributed by atoms with Crippen molar-refractivity contribution in [2.75, 3.05) is 11.9 Å². The van der Waals surface area contributed by atoms with Gasteiger partial charge in [0, 0.05) is 18.0 Å². The molecule has 1 aliphatic heterocycles. The first-order chi connectivity index (χ1) is 11.9. The monoisotopic (exact) mass is 363 g/mol. The maximum Gasteiger partial charge on any atom is 0.294 e. The maximum absolute atomic E-state index is 13.5. The Labute approximate surface area is 144 Å². The van der Waals surface area contributed by atoms with E-state index in [0.29, 0.717) is 23.5 Å². The molecule has 0 saturated carbocycles. The van der Waals surface area contributed by atoms with Gasteiger partial charge in [-0.1, -0.05) is 0 Å². The fourth-order valence-corrected chi connectivity index (χ4v) is 2.96. The summed E-state index contributed by atoms with van der Waals surface area (Å²) < 4.78 is 26.4. The van der Waals surface area contributed by atoms with E-state index in [1.807, 2.05) is 0 Å². The van der Waals surface area contributed by atoms with Gasteiger partial charge in [-0.2, -0.15) is 0 Å². The second-order valence-electron chi connectivity index (χ2n) is 5.07. The lowest BCUT2D eigenvalue weighted by atomic mass is 10.3. The number of carbonyl (C=O) groups is 3. The zero-order valence-electron chi connectivity index (χ0n) is 12.6. The van der Waals surface area contributed by atoms with Crippen molar-refractivity contribution >= 4 is 40.6 Å². The number of anilines is 1. The molecule has 1 aliphatic rings. The molecule has 2 aromatic rings. The molecule has 1 aromatic carbocycles. The first-order valence-corrected chi connectivity index (χ1v) is 7.89. The van der Waals surface area contributed by atoms with Crippen LogP contribution in [0.1, 0.15) is 5.69 Å². The van der Waals surface area contributed by atoms with E-state index in [9.17, 15) is 23.2 Å². The van der Waals surface area contributed by atoms with Crippen LogP contribution in [0.3, 0.4) is 0 Å². The quantitative estimate of drug-likeness (QED) is 0.819. The van der Waals surface area contributed by atoms with Gasteiger partial charge in [-0.15, -0.1) is 0 Å². The Hall–Kier alpha value is -2.94. The van der Waals surface area contributed by atoms with Crippen LogP contribution in [0.5, 0.6) is 0 Å². The van der Waals surface area contributed by atoms with E-state index in [0.717, 1.165) is 17.0 Å². The van der Waals surface area contributed by atoms with Gasteiger partial charge in [-0.3, -0.25) is 19.3 Å². The van der Waals surface area contributed by atoms with E-state index in [2.05, 4.69) is 10.3 Å². The van der Waals surface area contributed by atoms with Crippen LogP contribution < -0.4 is 5.32 Å². The minimum absolute atomic E-state index is 0.174. The molecular weight excluding hydrogens is 352 g/mol. The van der Waals surface area contributed by atoms with Crippen LogP contribution in [-0.2, 0) is 9.59 Å². The molecule has 0 unspecified atom stereocenters. The number of amides is 3. The lowest BCUT2D eigenvalue weighted by molar-refractivity contribution is -0.127. The molecule has 3 rings (SSSR count). The van der Waals surface area contributed by atoms with Crippen LogP contribution in [-0.4, -0.2) is 33.5 Å². The normalized spacial score (nSPS) is 15.9. The number of aromatic amines is 1. The van der Waals surface area contributed by atoms with Crippen LogP contribution in [0.2, 0.25) is 0 Å². The number of carbonyl (C=O) groups excluding carboxylic acids is 3. The first-order valence-electron chi connectivity index (χ1n) is 7.07. The summed E-state index contributed by atoms with van der Waals surface area (Å²) in [6.07, 6.45) is 3.17. The van der Waals surface area contributed by atoms with E-state index in [-0.39, 0.29) is 10.6 Å². The van der Waals surface area contributed by atoms with Gasteiger partial charge in [0.25, 0.3) is 11.1 Å². The molecule has 6 nitrogen and oxygen atoms in total. The average molecular weight is 363 g/mol. The number of H-pyrrole nitrogens is 1. The van der Waals surface area contributed by atoms with Crippen LogP contribution in [0.4, 0.5) is 19.3 Å². The second-order valence-corrected chi connectivity index (χ2v) is 6.06. The van der Waals surface area contributed by atoms with Crippen molar-refractivity contribution in [3.05, 3.63) is 58.8 Å². The number of rotatable bonds is 4. The van der Waals surface area contributed by atoms with Crippen molar-refractivity contribution in [3.8, 4) is 0 Å². The van der Waals surface area contributed by atoms with Crippen molar-refractivity contribution < 1.29 is 23.2 Å². The summed E-state index contributed by atoms with van der Waals surface area (Å²) in [4.78, 5) is 40.0. The van der Waals surface area contributed by atoms with Gasteiger partial charge in [0.2, 0.25) is 5.91 Å². The summed E-state index contributed by atoms with van der Waals surface area (Å²) in [5.74, 6) is -3.11. The molecule has 128 valence electrons.